The Hall–Kier alpha value is -2.07. The van der Waals surface area contributed by atoms with E-state index in [0.717, 1.165) is 11.3 Å². The number of rotatable bonds is 4. The molecule has 0 saturated carbocycles. The summed E-state index contributed by atoms with van der Waals surface area (Å²) in [6, 6.07) is 11.9. The zero-order valence-corrected chi connectivity index (χ0v) is 12.6. The lowest BCUT2D eigenvalue weighted by atomic mass is 10.1. The van der Waals surface area contributed by atoms with Gasteiger partial charge in [0, 0.05) is 26.3 Å². The Morgan fingerprint density at radius 1 is 1.19 bits per heavy atom. The fraction of sp³-hybridized carbons (Fsp3) is 0.188. The van der Waals surface area contributed by atoms with Crippen LogP contribution in [0.25, 0.3) is 0 Å². The maximum absolute atomic E-state index is 13.6. The fourth-order valence-corrected chi connectivity index (χ4v) is 2.15. The monoisotopic (exact) mass is 306 g/mol. The topological polar surface area (TPSA) is 32.3 Å². The first-order chi connectivity index (χ1) is 9.99. The molecular weight excluding hydrogens is 291 g/mol. The lowest BCUT2D eigenvalue weighted by Gasteiger charge is -2.13. The van der Waals surface area contributed by atoms with Crippen LogP contribution in [0.2, 0.25) is 5.02 Å². The third-order valence-corrected chi connectivity index (χ3v) is 3.41. The molecule has 110 valence electrons. The molecule has 0 spiro atoms. The second kappa shape index (κ2) is 6.59. The van der Waals surface area contributed by atoms with E-state index in [-0.39, 0.29) is 10.6 Å². The molecule has 0 bridgehead atoms. The van der Waals surface area contributed by atoms with Crippen molar-refractivity contribution in [1.82, 2.24) is 5.32 Å². The molecule has 1 amide bonds. The van der Waals surface area contributed by atoms with Crippen LogP contribution in [0.3, 0.4) is 0 Å². The van der Waals surface area contributed by atoms with Gasteiger partial charge in [-0.3, -0.25) is 4.79 Å². The quantitative estimate of drug-likeness (QED) is 0.938. The molecule has 0 fully saturated rings. The molecule has 5 heteroatoms. The van der Waals surface area contributed by atoms with Crippen molar-refractivity contribution in [3.63, 3.8) is 0 Å². The van der Waals surface area contributed by atoms with Gasteiger partial charge in [-0.15, -0.1) is 0 Å². The molecule has 0 heterocycles. The van der Waals surface area contributed by atoms with Crippen molar-refractivity contribution >= 4 is 23.2 Å². The summed E-state index contributed by atoms with van der Waals surface area (Å²) in [6.45, 7) is 0.317. The molecule has 0 aliphatic carbocycles. The van der Waals surface area contributed by atoms with Gasteiger partial charge < -0.3 is 10.2 Å². The molecular formula is C16H16ClFN2O. The van der Waals surface area contributed by atoms with Crippen LogP contribution >= 0.6 is 11.6 Å². The van der Waals surface area contributed by atoms with Crippen molar-refractivity contribution in [1.29, 1.82) is 0 Å². The highest BCUT2D eigenvalue weighted by molar-refractivity contribution is 6.33. The molecule has 21 heavy (non-hydrogen) atoms. The molecule has 0 unspecified atom stereocenters. The largest absolute Gasteiger partial charge is 0.378 e. The van der Waals surface area contributed by atoms with Crippen molar-refractivity contribution < 1.29 is 9.18 Å². The molecule has 0 atom stereocenters. The minimum Gasteiger partial charge on any atom is -0.378 e. The van der Waals surface area contributed by atoms with E-state index in [4.69, 9.17) is 11.6 Å². The Kier molecular flexibility index (Phi) is 4.81. The normalized spacial score (nSPS) is 10.3. The molecule has 3 nitrogen and oxygen atoms in total. The van der Waals surface area contributed by atoms with Gasteiger partial charge in [0.15, 0.2) is 0 Å². The summed E-state index contributed by atoms with van der Waals surface area (Å²) < 4.78 is 13.6. The zero-order chi connectivity index (χ0) is 15.4. The highest BCUT2D eigenvalue weighted by atomic mass is 35.5. The highest BCUT2D eigenvalue weighted by Gasteiger charge is 2.15. The number of amides is 1. The van der Waals surface area contributed by atoms with E-state index in [1.807, 2.05) is 43.3 Å². The van der Waals surface area contributed by atoms with Crippen LogP contribution in [0, 0.1) is 5.82 Å². The lowest BCUT2D eigenvalue weighted by molar-refractivity contribution is 0.0947. The summed E-state index contributed by atoms with van der Waals surface area (Å²) in [7, 11) is 3.91. The summed E-state index contributed by atoms with van der Waals surface area (Å²) >= 11 is 5.86. The number of halogens is 2. The van der Waals surface area contributed by atoms with E-state index in [9.17, 15) is 9.18 Å². The van der Waals surface area contributed by atoms with E-state index in [0.29, 0.717) is 6.54 Å². The average molecular weight is 307 g/mol. The predicted molar refractivity (Wildman–Crippen MR) is 83.3 cm³/mol. The number of benzene rings is 2. The van der Waals surface area contributed by atoms with Crippen LogP contribution in [0.15, 0.2) is 42.5 Å². The summed E-state index contributed by atoms with van der Waals surface area (Å²) in [6.07, 6.45) is 0. The first kappa shape index (κ1) is 15.3. The SMILES string of the molecule is CN(C)c1ccc(CNC(=O)c2c(F)cccc2Cl)cc1. The van der Waals surface area contributed by atoms with Crippen molar-refractivity contribution in [2.75, 3.05) is 19.0 Å². The fourth-order valence-electron chi connectivity index (χ4n) is 1.90. The first-order valence-corrected chi connectivity index (χ1v) is 6.85. The molecule has 0 radical (unpaired) electrons. The Labute approximate surface area is 128 Å². The zero-order valence-electron chi connectivity index (χ0n) is 11.9. The molecule has 2 aromatic carbocycles. The molecule has 0 aliphatic heterocycles. The summed E-state index contributed by atoms with van der Waals surface area (Å²) in [5.74, 6) is -1.14. The molecule has 2 aromatic rings. The Bertz CT molecular complexity index is 621. The van der Waals surface area contributed by atoms with Gasteiger partial charge in [-0.25, -0.2) is 4.39 Å². The summed E-state index contributed by atoms with van der Waals surface area (Å²) in [4.78, 5) is 14.0. The third-order valence-electron chi connectivity index (χ3n) is 3.10. The van der Waals surface area contributed by atoms with Crippen molar-refractivity contribution in [2.24, 2.45) is 0 Å². The molecule has 0 aromatic heterocycles. The summed E-state index contributed by atoms with van der Waals surface area (Å²) in [5.41, 5.74) is 1.88. The van der Waals surface area contributed by atoms with Gasteiger partial charge in [0.25, 0.3) is 5.91 Å². The van der Waals surface area contributed by atoms with Crippen LogP contribution in [0.5, 0.6) is 0 Å². The maximum Gasteiger partial charge on any atom is 0.256 e. The van der Waals surface area contributed by atoms with E-state index in [1.54, 1.807) is 0 Å². The van der Waals surface area contributed by atoms with Gasteiger partial charge in [-0.1, -0.05) is 29.8 Å². The van der Waals surface area contributed by atoms with E-state index in [1.165, 1.54) is 18.2 Å². The number of nitrogens with one attached hydrogen (secondary N) is 1. The summed E-state index contributed by atoms with van der Waals surface area (Å²) in [5, 5.41) is 2.78. The second-order valence-electron chi connectivity index (χ2n) is 4.84. The predicted octanol–water partition coefficient (Wildman–Crippen LogP) is 3.48. The Balaban J connectivity index is 2.04. The third kappa shape index (κ3) is 3.73. The van der Waals surface area contributed by atoms with Gasteiger partial charge >= 0.3 is 0 Å². The van der Waals surface area contributed by atoms with Gasteiger partial charge in [-0.2, -0.15) is 0 Å². The minimum absolute atomic E-state index is 0.107. The number of carbonyl (C=O) groups excluding carboxylic acids is 1. The van der Waals surface area contributed by atoms with Gasteiger partial charge in [0.05, 0.1) is 10.6 Å². The van der Waals surface area contributed by atoms with Crippen LogP contribution in [0.1, 0.15) is 15.9 Å². The lowest BCUT2D eigenvalue weighted by Crippen LogP contribution is -2.24. The molecule has 1 N–H and O–H groups in total. The van der Waals surface area contributed by atoms with Crippen molar-refractivity contribution in [2.45, 2.75) is 6.54 Å². The highest BCUT2D eigenvalue weighted by Crippen LogP contribution is 2.19. The van der Waals surface area contributed by atoms with E-state index < -0.39 is 11.7 Å². The maximum atomic E-state index is 13.6. The van der Waals surface area contributed by atoms with Gasteiger partial charge in [0.2, 0.25) is 0 Å². The number of hydrogen-bond acceptors (Lipinski definition) is 2. The van der Waals surface area contributed by atoms with E-state index in [2.05, 4.69) is 5.32 Å². The van der Waals surface area contributed by atoms with Crippen molar-refractivity contribution in [3.8, 4) is 0 Å². The second-order valence-corrected chi connectivity index (χ2v) is 5.25. The molecule has 2 rings (SSSR count). The van der Waals surface area contributed by atoms with Crippen LogP contribution < -0.4 is 10.2 Å². The Morgan fingerprint density at radius 3 is 2.43 bits per heavy atom. The van der Waals surface area contributed by atoms with Crippen molar-refractivity contribution in [3.05, 3.63) is 64.4 Å². The standard InChI is InChI=1S/C16H16ClFN2O/c1-20(2)12-8-6-11(7-9-12)10-19-16(21)15-13(17)4-3-5-14(15)18/h3-9H,10H2,1-2H3,(H,19,21). The van der Waals surface area contributed by atoms with Gasteiger partial charge in [0.1, 0.15) is 5.82 Å². The van der Waals surface area contributed by atoms with Gasteiger partial charge in [-0.05, 0) is 29.8 Å². The number of hydrogen-bond donors (Lipinski definition) is 1. The number of carbonyl (C=O) groups is 1. The van der Waals surface area contributed by atoms with Crippen LogP contribution in [-0.2, 0) is 6.54 Å². The number of anilines is 1. The van der Waals surface area contributed by atoms with E-state index >= 15 is 0 Å². The van der Waals surface area contributed by atoms with Crippen LogP contribution in [-0.4, -0.2) is 20.0 Å². The number of nitrogens with zero attached hydrogens (tertiary/aromatic N) is 1. The molecule has 0 saturated heterocycles. The first-order valence-electron chi connectivity index (χ1n) is 6.47. The average Bonchev–Trinajstić information content (AvgIpc) is 2.45. The van der Waals surface area contributed by atoms with Crippen LogP contribution in [0.4, 0.5) is 10.1 Å². The smallest absolute Gasteiger partial charge is 0.256 e. The molecule has 0 aliphatic rings. The minimum atomic E-state index is -0.622. The Morgan fingerprint density at radius 2 is 1.86 bits per heavy atom.